The maximum atomic E-state index is 12.9. The van der Waals surface area contributed by atoms with Crippen LogP contribution in [0.25, 0.3) is 0 Å². The van der Waals surface area contributed by atoms with Crippen LogP contribution in [-0.4, -0.2) is 47.1 Å². The van der Waals surface area contributed by atoms with E-state index in [9.17, 15) is 4.79 Å². The molecule has 0 radical (unpaired) electrons. The van der Waals surface area contributed by atoms with E-state index in [0.29, 0.717) is 26.2 Å². The Balaban J connectivity index is 1.64. The van der Waals surface area contributed by atoms with Gasteiger partial charge in [0.2, 0.25) is 0 Å². The molecule has 0 saturated carbocycles. The van der Waals surface area contributed by atoms with Crippen molar-refractivity contribution in [1.29, 1.82) is 0 Å². The first kappa shape index (κ1) is 21.5. The molecule has 3 rings (SSSR count). The van der Waals surface area contributed by atoms with E-state index < -0.39 is 24.5 Å². The number of benzene rings is 2. The fourth-order valence-electron chi connectivity index (χ4n) is 3.30. The normalized spacial score (nSPS) is 23.0. The predicted molar refractivity (Wildman–Crippen MR) is 113 cm³/mol. The predicted octanol–water partition coefficient (Wildman–Crippen LogP) is 4.39. The van der Waals surface area contributed by atoms with Gasteiger partial charge < -0.3 is 0 Å². The Kier molecular flexibility index (Phi) is 7.68. The van der Waals surface area contributed by atoms with Gasteiger partial charge in [-0.25, -0.2) is 0 Å². The Morgan fingerprint density at radius 3 is 2.07 bits per heavy atom. The Bertz CT molecular complexity index is 742. The molecule has 3 atom stereocenters. The minimum absolute atomic E-state index is 0.0729. The van der Waals surface area contributed by atoms with Crippen molar-refractivity contribution in [2.24, 2.45) is 0 Å². The van der Waals surface area contributed by atoms with Crippen molar-refractivity contribution < 1.29 is 19.0 Å². The molecule has 5 heteroatoms. The molecule has 1 aliphatic rings. The van der Waals surface area contributed by atoms with Crippen LogP contribution >= 0.6 is 0 Å². The molecule has 1 saturated heterocycles. The van der Waals surface area contributed by atoms with Crippen molar-refractivity contribution in [2.75, 3.05) is 6.61 Å². The summed E-state index contributed by atoms with van der Waals surface area (Å²) in [4.78, 5) is 19.8. The molecule has 2 aromatic rings. The van der Waals surface area contributed by atoms with Crippen LogP contribution in [0.5, 0.6) is 0 Å². The molecule has 1 heterocycles. The van der Waals surface area contributed by atoms with Crippen molar-refractivity contribution >= 4 is 24.2 Å². The molecule has 1 fully saturated rings. The van der Waals surface area contributed by atoms with E-state index in [0.717, 1.165) is 11.1 Å². The summed E-state index contributed by atoms with van der Waals surface area (Å²) in [6.07, 6.45) is -0.454. The molecular formula is C23H30O4Sn. The fraction of sp³-hybridized carbons (Fsp3) is 0.435. The molecule has 0 aliphatic carbocycles. The third-order valence-corrected chi connectivity index (χ3v) is 11.5. The summed E-state index contributed by atoms with van der Waals surface area (Å²) in [7, 11) is 0. The monoisotopic (exact) mass is 490 g/mol. The van der Waals surface area contributed by atoms with Gasteiger partial charge in [0, 0.05) is 0 Å². The standard InChI is InChI=1S/C20H21O4.3CH3.Sn/c21-18-11-12-23-19(15-22-13-16-7-3-1-4-8-16)20(18)24-14-17-9-5-2-6-10-17;;;;/h1-10,12,19-20H,11,13-15H2;3*1H3;/t19-,20-;;;;/m1..../s1. The molecule has 0 N–H and O–H groups in total. The van der Waals surface area contributed by atoms with Gasteiger partial charge in [-0.1, -0.05) is 0 Å². The number of Topliss-reactive ketones (excluding diaryl/α,β-unsaturated/α-hetero) is 1. The van der Waals surface area contributed by atoms with E-state index in [-0.39, 0.29) is 16.0 Å². The summed E-state index contributed by atoms with van der Waals surface area (Å²) in [5, 5.41) is 0. The molecule has 0 unspecified atom stereocenters. The van der Waals surface area contributed by atoms with Crippen LogP contribution in [0.3, 0.4) is 0 Å². The van der Waals surface area contributed by atoms with E-state index in [1.54, 1.807) is 0 Å². The van der Waals surface area contributed by atoms with Crippen LogP contribution in [0.15, 0.2) is 60.7 Å². The third-order valence-electron chi connectivity index (χ3n) is 5.01. The van der Waals surface area contributed by atoms with Gasteiger partial charge in [0.15, 0.2) is 0 Å². The van der Waals surface area contributed by atoms with Crippen LogP contribution in [0.2, 0.25) is 14.8 Å². The number of rotatable bonds is 8. The van der Waals surface area contributed by atoms with Gasteiger partial charge in [-0.3, -0.25) is 0 Å². The molecule has 0 amide bonds. The van der Waals surface area contributed by atoms with Gasteiger partial charge in [0.1, 0.15) is 0 Å². The summed E-state index contributed by atoms with van der Waals surface area (Å²) in [6, 6.07) is 20.0. The average Bonchev–Trinajstić information content (AvgIpc) is 2.68. The minimum atomic E-state index is -2.38. The summed E-state index contributed by atoms with van der Waals surface area (Å²) >= 11 is -2.38. The number of ether oxygens (including phenoxy) is 3. The van der Waals surface area contributed by atoms with Crippen LogP contribution < -0.4 is 0 Å². The Morgan fingerprint density at radius 1 is 0.929 bits per heavy atom. The van der Waals surface area contributed by atoms with Gasteiger partial charge >= 0.3 is 172 Å². The molecule has 4 nitrogen and oxygen atoms in total. The second-order valence-corrected chi connectivity index (χ2v) is 23.8. The Hall–Kier alpha value is -1.21. The number of carbonyl (C=O) groups excluding carboxylic acids is 1. The summed E-state index contributed by atoms with van der Waals surface area (Å²) in [5.41, 5.74) is 2.16. The summed E-state index contributed by atoms with van der Waals surface area (Å²) in [5.74, 6) is 0.145. The summed E-state index contributed by atoms with van der Waals surface area (Å²) in [6.45, 7) is 1.27. The molecule has 0 bridgehead atoms. The SMILES string of the molecule is [CH3][Sn]([CH3])([CH3])[C@@H]1CC(=O)[C@@H](OCc2ccccc2)[C@@H](COCc2ccccc2)O1. The molecule has 0 aromatic heterocycles. The zero-order valence-electron chi connectivity index (χ0n) is 17.0. The Labute approximate surface area is 172 Å². The maximum absolute atomic E-state index is 12.9. The van der Waals surface area contributed by atoms with E-state index in [1.807, 2.05) is 60.7 Å². The number of carbonyl (C=O) groups is 1. The number of hydrogen-bond acceptors (Lipinski definition) is 4. The molecule has 0 spiro atoms. The second kappa shape index (κ2) is 10.0. The molecule has 150 valence electrons. The topological polar surface area (TPSA) is 44.8 Å². The van der Waals surface area contributed by atoms with Crippen molar-refractivity contribution in [3.8, 4) is 0 Å². The van der Waals surface area contributed by atoms with Crippen LogP contribution in [-0.2, 0) is 32.2 Å². The average molecular weight is 489 g/mol. The van der Waals surface area contributed by atoms with Crippen molar-refractivity contribution in [3.63, 3.8) is 0 Å². The number of hydrogen-bond donors (Lipinski definition) is 0. The Morgan fingerprint density at radius 2 is 1.50 bits per heavy atom. The van der Waals surface area contributed by atoms with Crippen LogP contribution in [0.1, 0.15) is 17.5 Å². The molecular weight excluding hydrogens is 459 g/mol. The van der Waals surface area contributed by atoms with Gasteiger partial charge in [-0.15, -0.1) is 0 Å². The van der Waals surface area contributed by atoms with E-state index in [4.69, 9.17) is 14.2 Å². The zero-order chi connectivity index (χ0) is 20.0. The van der Waals surface area contributed by atoms with Crippen molar-refractivity contribution in [3.05, 3.63) is 71.8 Å². The van der Waals surface area contributed by atoms with Crippen molar-refractivity contribution in [2.45, 2.75) is 50.8 Å². The first-order valence-corrected chi connectivity index (χ1v) is 20.1. The van der Waals surface area contributed by atoms with Crippen LogP contribution in [0.4, 0.5) is 0 Å². The van der Waals surface area contributed by atoms with Gasteiger partial charge in [0.05, 0.1) is 0 Å². The first-order valence-electron chi connectivity index (χ1n) is 9.89. The van der Waals surface area contributed by atoms with Crippen LogP contribution in [0, 0.1) is 0 Å². The van der Waals surface area contributed by atoms with Crippen molar-refractivity contribution in [1.82, 2.24) is 0 Å². The van der Waals surface area contributed by atoms with E-state index in [2.05, 4.69) is 14.8 Å². The third kappa shape index (κ3) is 6.14. The molecule has 2 aromatic carbocycles. The van der Waals surface area contributed by atoms with Gasteiger partial charge in [-0.2, -0.15) is 0 Å². The second-order valence-electron chi connectivity index (χ2n) is 8.42. The zero-order valence-corrected chi connectivity index (χ0v) is 19.8. The van der Waals surface area contributed by atoms with E-state index in [1.165, 1.54) is 0 Å². The molecule has 1 aliphatic heterocycles. The van der Waals surface area contributed by atoms with Gasteiger partial charge in [0.25, 0.3) is 0 Å². The summed E-state index contributed by atoms with van der Waals surface area (Å²) < 4.78 is 18.4. The fourth-order valence-corrected chi connectivity index (χ4v) is 7.29. The van der Waals surface area contributed by atoms with Gasteiger partial charge in [-0.05, 0) is 0 Å². The molecule has 28 heavy (non-hydrogen) atoms. The first-order chi connectivity index (χ1) is 13.4. The van der Waals surface area contributed by atoms with E-state index >= 15 is 0 Å². The number of ketones is 1. The quantitative estimate of drug-likeness (QED) is 0.517.